The monoisotopic (exact) mass is 375 g/mol. The second-order valence-electron chi connectivity index (χ2n) is 7.41. The van der Waals surface area contributed by atoms with E-state index in [-0.39, 0.29) is 18.1 Å². The van der Waals surface area contributed by atoms with Crippen molar-refractivity contribution in [1.29, 1.82) is 0 Å². The molecule has 1 aliphatic rings. The molecule has 2 aromatic carbocycles. The van der Waals surface area contributed by atoms with Crippen LogP contribution in [-0.2, 0) is 16.0 Å². The van der Waals surface area contributed by atoms with E-state index in [1.54, 1.807) is 0 Å². The van der Waals surface area contributed by atoms with Crippen molar-refractivity contribution in [3.05, 3.63) is 70.9 Å². The molecule has 5 heteroatoms. The Bertz CT molecular complexity index is 1060. The molecule has 0 radical (unpaired) electrons. The van der Waals surface area contributed by atoms with E-state index in [4.69, 9.17) is 9.72 Å². The number of benzene rings is 2. The van der Waals surface area contributed by atoms with E-state index < -0.39 is 0 Å². The highest BCUT2D eigenvalue weighted by Gasteiger charge is 2.35. The Labute approximate surface area is 165 Å². The molecule has 5 nitrogen and oxygen atoms in total. The molecule has 28 heavy (non-hydrogen) atoms. The lowest BCUT2D eigenvalue weighted by Gasteiger charge is -2.30. The number of hydrogen-bond donors (Lipinski definition) is 1. The van der Waals surface area contributed by atoms with Crippen LogP contribution in [0.4, 0.5) is 5.95 Å². The number of rotatable bonds is 4. The standard InChI is InChI=1S/C23H25N3O2/c1-5-16-10-12-17(13-11-16)21-20(22(27)28-14(2)3)15(4)24-23-25-18-8-6-7-9-19(18)26(21)23/h6-14,21H,5H2,1-4H3,(H,24,25). The molecule has 2 heterocycles. The predicted octanol–water partition coefficient (Wildman–Crippen LogP) is 4.84. The fraction of sp³-hybridized carbons (Fsp3) is 0.304. The van der Waals surface area contributed by atoms with Crippen molar-refractivity contribution in [3.8, 4) is 0 Å². The molecule has 0 amide bonds. The number of aromatic nitrogens is 2. The minimum Gasteiger partial charge on any atom is -0.459 e. The van der Waals surface area contributed by atoms with Crippen molar-refractivity contribution in [2.45, 2.75) is 46.3 Å². The quantitative estimate of drug-likeness (QED) is 0.663. The molecule has 0 bridgehead atoms. The van der Waals surface area contributed by atoms with Crippen molar-refractivity contribution in [2.24, 2.45) is 0 Å². The van der Waals surface area contributed by atoms with Crippen molar-refractivity contribution in [2.75, 3.05) is 5.32 Å². The Kier molecular flexibility index (Phi) is 4.67. The SMILES string of the molecule is CCc1ccc(C2C(C(=O)OC(C)C)=C(C)Nc3nc4ccccc4n32)cc1. The van der Waals surface area contributed by atoms with Gasteiger partial charge in [-0.05, 0) is 50.5 Å². The Balaban J connectivity index is 1.93. The molecule has 1 aromatic heterocycles. The third-order valence-corrected chi connectivity index (χ3v) is 5.10. The van der Waals surface area contributed by atoms with E-state index in [0.29, 0.717) is 5.57 Å². The molecule has 0 fully saturated rings. The van der Waals surface area contributed by atoms with Crippen LogP contribution in [0.25, 0.3) is 11.0 Å². The summed E-state index contributed by atoms with van der Waals surface area (Å²) in [6.07, 6.45) is 0.792. The van der Waals surface area contributed by atoms with Gasteiger partial charge in [-0.15, -0.1) is 0 Å². The lowest BCUT2D eigenvalue weighted by Crippen LogP contribution is -2.30. The largest absolute Gasteiger partial charge is 0.459 e. The number of nitrogens with one attached hydrogen (secondary N) is 1. The summed E-state index contributed by atoms with van der Waals surface area (Å²) in [5.41, 5.74) is 5.58. The van der Waals surface area contributed by atoms with E-state index in [2.05, 4.69) is 41.1 Å². The number of ether oxygens (including phenoxy) is 1. The van der Waals surface area contributed by atoms with Crippen LogP contribution in [0.15, 0.2) is 59.8 Å². The molecule has 0 aliphatic carbocycles. The van der Waals surface area contributed by atoms with Crippen LogP contribution >= 0.6 is 0 Å². The maximum Gasteiger partial charge on any atom is 0.338 e. The van der Waals surface area contributed by atoms with Crippen LogP contribution in [0.2, 0.25) is 0 Å². The molecule has 0 spiro atoms. The maximum atomic E-state index is 13.0. The van der Waals surface area contributed by atoms with Crippen molar-refractivity contribution >= 4 is 23.0 Å². The smallest absolute Gasteiger partial charge is 0.338 e. The number of allylic oxidation sites excluding steroid dienone is 1. The number of anilines is 1. The minimum absolute atomic E-state index is 0.183. The fourth-order valence-electron chi connectivity index (χ4n) is 3.76. The number of fused-ring (bicyclic) bond motifs is 3. The third-order valence-electron chi connectivity index (χ3n) is 5.10. The first kappa shape index (κ1) is 18.3. The number of para-hydroxylation sites is 2. The molecular weight excluding hydrogens is 350 g/mol. The highest BCUT2D eigenvalue weighted by molar-refractivity contribution is 5.94. The van der Waals surface area contributed by atoms with Gasteiger partial charge in [0.1, 0.15) is 0 Å². The second-order valence-corrected chi connectivity index (χ2v) is 7.41. The summed E-state index contributed by atoms with van der Waals surface area (Å²) in [6, 6.07) is 16.1. The summed E-state index contributed by atoms with van der Waals surface area (Å²) >= 11 is 0. The second kappa shape index (κ2) is 7.15. The fourth-order valence-corrected chi connectivity index (χ4v) is 3.76. The van der Waals surface area contributed by atoms with Crippen molar-refractivity contribution < 1.29 is 9.53 Å². The zero-order valence-corrected chi connectivity index (χ0v) is 16.7. The number of carbonyl (C=O) groups is 1. The van der Waals surface area contributed by atoms with Gasteiger partial charge in [-0.1, -0.05) is 43.3 Å². The number of imidazole rings is 1. The van der Waals surface area contributed by atoms with Gasteiger partial charge in [0.15, 0.2) is 0 Å². The first-order valence-electron chi connectivity index (χ1n) is 9.74. The Morgan fingerprint density at radius 2 is 1.89 bits per heavy atom. The predicted molar refractivity (Wildman–Crippen MR) is 111 cm³/mol. The topological polar surface area (TPSA) is 56.1 Å². The summed E-state index contributed by atoms with van der Waals surface area (Å²) in [4.78, 5) is 17.8. The Morgan fingerprint density at radius 3 is 2.57 bits per heavy atom. The zero-order valence-electron chi connectivity index (χ0n) is 16.7. The van der Waals surface area contributed by atoms with Gasteiger partial charge in [-0.25, -0.2) is 9.78 Å². The van der Waals surface area contributed by atoms with Gasteiger partial charge in [0.05, 0.1) is 28.8 Å². The van der Waals surface area contributed by atoms with Crippen molar-refractivity contribution in [3.63, 3.8) is 0 Å². The van der Waals surface area contributed by atoms with Gasteiger partial charge in [0.25, 0.3) is 0 Å². The van der Waals surface area contributed by atoms with E-state index >= 15 is 0 Å². The summed E-state index contributed by atoms with van der Waals surface area (Å²) in [5, 5.41) is 3.31. The molecule has 0 saturated heterocycles. The lowest BCUT2D eigenvalue weighted by molar-refractivity contribution is -0.143. The summed E-state index contributed by atoms with van der Waals surface area (Å²) in [7, 11) is 0. The van der Waals surface area contributed by atoms with Gasteiger partial charge >= 0.3 is 5.97 Å². The van der Waals surface area contributed by atoms with Gasteiger partial charge < -0.3 is 10.1 Å². The number of aryl methyl sites for hydroxylation is 1. The highest BCUT2D eigenvalue weighted by Crippen LogP contribution is 2.39. The number of carbonyl (C=O) groups excluding carboxylic acids is 1. The van der Waals surface area contributed by atoms with Crippen LogP contribution in [0.3, 0.4) is 0 Å². The lowest BCUT2D eigenvalue weighted by atomic mass is 9.94. The Morgan fingerprint density at radius 1 is 1.18 bits per heavy atom. The van der Waals surface area contributed by atoms with E-state index in [1.807, 2.05) is 45.0 Å². The molecule has 3 aromatic rings. The molecule has 1 unspecified atom stereocenters. The third kappa shape index (κ3) is 3.07. The molecule has 4 rings (SSSR count). The van der Waals surface area contributed by atoms with E-state index in [9.17, 15) is 4.79 Å². The van der Waals surface area contributed by atoms with E-state index in [1.165, 1.54) is 5.56 Å². The van der Waals surface area contributed by atoms with Crippen LogP contribution in [0.1, 0.15) is 44.9 Å². The maximum absolute atomic E-state index is 13.0. The molecule has 1 aliphatic heterocycles. The van der Waals surface area contributed by atoms with Gasteiger partial charge in [-0.2, -0.15) is 0 Å². The first-order chi connectivity index (χ1) is 13.5. The molecule has 1 atom stereocenters. The molecular formula is C23H25N3O2. The first-order valence-corrected chi connectivity index (χ1v) is 9.74. The number of esters is 1. The Hall–Kier alpha value is -3.08. The number of nitrogens with zero attached hydrogens (tertiary/aromatic N) is 2. The number of hydrogen-bond acceptors (Lipinski definition) is 4. The van der Waals surface area contributed by atoms with Crippen LogP contribution in [0.5, 0.6) is 0 Å². The molecule has 1 N–H and O–H groups in total. The summed E-state index contributed by atoms with van der Waals surface area (Å²) in [6.45, 7) is 7.78. The van der Waals surface area contributed by atoms with Crippen molar-refractivity contribution in [1.82, 2.24) is 9.55 Å². The van der Waals surface area contributed by atoms with Crippen LogP contribution in [0, 0.1) is 0 Å². The van der Waals surface area contributed by atoms with Crippen LogP contribution in [-0.4, -0.2) is 21.6 Å². The van der Waals surface area contributed by atoms with E-state index in [0.717, 1.165) is 34.7 Å². The zero-order chi connectivity index (χ0) is 19.8. The summed E-state index contributed by atoms with van der Waals surface area (Å²) < 4.78 is 7.69. The van der Waals surface area contributed by atoms with Gasteiger partial charge in [0, 0.05) is 5.70 Å². The summed E-state index contributed by atoms with van der Waals surface area (Å²) in [5.74, 6) is 0.442. The van der Waals surface area contributed by atoms with Crippen LogP contribution < -0.4 is 5.32 Å². The minimum atomic E-state index is -0.298. The average Bonchev–Trinajstić information content (AvgIpc) is 3.04. The normalized spacial score (nSPS) is 16.2. The van der Waals surface area contributed by atoms with Gasteiger partial charge in [-0.3, -0.25) is 4.57 Å². The molecule has 144 valence electrons. The van der Waals surface area contributed by atoms with Gasteiger partial charge in [0.2, 0.25) is 5.95 Å². The molecule has 0 saturated carbocycles. The average molecular weight is 375 g/mol. The highest BCUT2D eigenvalue weighted by atomic mass is 16.5.